The molecule has 0 atom stereocenters. The van der Waals surface area contributed by atoms with E-state index in [1.165, 1.54) is 0 Å². The Morgan fingerprint density at radius 3 is 2.65 bits per heavy atom. The average molecular weight is 233 g/mol. The van der Waals surface area contributed by atoms with Crippen molar-refractivity contribution in [2.75, 3.05) is 7.11 Å². The molecule has 90 valence electrons. The summed E-state index contributed by atoms with van der Waals surface area (Å²) in [4.78, 5) is 0. The lowest BCUT2D eigenvalue weighted by Crippen LogP contribution is -1.99. The molecule has 0 heterocycles. The molecule has 0 aliphatic carbocycles. The molecule has 0 amide bonds. The van der Waals surface area contributed by atoms with E-state index >= 15 is 0 Å². The number of rotatable bonds is 4. The Hall–Kier alpha value is -2.15. The number of hydrogen-bond acceptors (Lipinski definition) is 4. The van der Waals surface area contributed by atoms with Crippen molar-refractivity contribution in [2.45, 2.75) is 19.8 Å². The monoisotopic (exact) mass is 233 g/mol. The van der Waals surface area contributed by atoms with Gasteiger partial charge in [-0.3, -0.25) is 0 Å². The fourth-order valence-corrected chi connectivity index (χ4v) is 1.39. The van der Waals surface area contributed by atoms with Crippen molar-refractivity contribution in [1.29, 1.82) is 5.26 Å². The fourth-order valence-electron chi connectivity index (χ4n) is 1.39. The van der Waals surface area contributed by atoms with Crippen LogP contribution in [0.25, 0.3) is 0 Å². The number of nitriles is 1. The van der Waals surface area contributed by atoms with Crippen LogP contribution in [-0.2, 0) is 0 Å². The van der Waals surface area contributed by atoms with Gasteiger partial charge >= 0.3 is 0 Å². The highest BCUT2D eigenvalue weighted by Crippen LogP contribution is 2.31. The summed E-state index contributed by atoms with van der Waals surface area (Å²) in [6.07, 6.45) is 0.647. The first kappa shape index (κ1) is 12.9. The second-order valence-corrected chi connectivity index (χ2v) is 3.77. The number of allylic oxidation sites excluding steroid dienone is 1. The third-order valence-corrected chi connectivity index (χ3v) is 2.29. The number of ether oxygens (including phenoxy) is 2. The molecule has 0 bridgehead atoms. The van der Waals surface area contributed by atoms with Gasteiger partial charge in [-0.1, -0.05) is 13.8 Å². The van der Waals surface area contributed by atoms with Gasteiger partial charge in [0.2, 0.25) is 5.76 Å². The zero-order chi connectivity index (χ0) is 12.8. The average Bonchev–Trinajstić information content (AvgIpc) is 2.35. The number of aliphatic hydroxyl groups excluding tert-OH is 1. The summed E-state index contributed by atoms with van der Waals surface area (Å²) in [5, 5.41) is 17.5. The highest BCUT2D eigenvalue weighted by atomic mass is 16.5. The van der Waals surface area contributed by atoms with Crippen LogP contribution in [0.5, 0.6) is 11.5 Å². The topological polar surface area (TPSA) is 62.5 Å². The molecule has 4 nitrogen and oxygen atoms in total. The molecule has 0 spiro atoms. The van der Waals surface area contributed by atoms with Crippen LogP contribution in [0.15, 0.2) is 30.2 Å². The summed E-state index contributed by atoms with van der Waals surface area (Å²) in [5.74, 6) is 1.35. The summed E-state index contributed by atoms with van der Waals surface area (Å²) in [5.41, 5.74) is 0.916. The first-order valence-electron chi connectivity index (χ1n) is 5.22. The third kappa shape index (κ3) is 3.15. The smallest absolute Gasteiger partial charge is 0.237 e. The van der Waals surface area contributed by atoms with E-state index < -0.39 is 0 Å². The number of hydrogen-bond donors (Lipinski definition) is 1. The molecule has 1 rings (SSSR count). The maximum atomic E-state index is 8.78. The molecule has 0 radical (unpaired) electrons. The fraction of sp³-hybridized carbons (Fsp3) is 0.308. The number of methoxy groups -OCH3 is 1. The second-order valence-electron chi connectivity index (χ2n) is 3.77. The maximum absolute atomic E-state index is 8.78. The predicted octanol–water partition coefficient (Wildman–Crippen LogP) is 3.12. The van der Waals surface area contributed by atoms with Gasteiger partial charge in [-0.15, -0.1) is 0 Å². The summed E-state index contributed by atoms with van der Waals surface area (Å²) < 4.78 is 10.4. The first-order valence-corrected chi connectivity index (χ1v) is 5.22. The van der Waals surface area contributed by atoms with E-state index in [0.717, 1.165) is 11.3 Å². The molecule has 0 saturated carbocycles. The van der Waals surface area contributed by atoms with Gasteiger partial charge in [0, 0.05) is 5.56 Å². The van der Waals surface area contributed by atoms with Gasteiger partial charge in [0.05, 0.1) is 7.11 Å². The maximum Gasteiger partial charge on any atom is 0.237 e. The van der Waals surface area contributed by atoms with Gasteiger partial charge < -0.3 is 14.6 Å². The Kier molecular flexibility index (Phi) is 4.41. The Morgan fingerprint density at radius 2 is 2.18 bits per heavy atom. The van der Waals surface area contributed by atoms with Crippen LogP contribution in [0.3, 0.4) is 0 Å². The van der Waals surface area contributed by atoms with Crippen LogP contribution in [0.1, 0.15) is 25.3 Å². The standard InChI is InChI=1S/C13H15NO3/c1-9(2)12-6-10(16-3)4-5-13(12)17-11(7-14)8-15/h4-6,8-9,15H,1-3H3. The van der Waals surface area contributed by atoms with Crippen molar-refractivity contribution in [2.24, 2.45) is 0 Å². The van der Waals surface area contributed by atoms with Crippen LogP contribution in [0.4, 0.5) is 0 Å². The first-order chi connectivity index (χ1) is 8.12. The zero-order valence-corrected chi connectivity index (χ0v) is 10.1. The van der Waals surface area contributed by atoms with Crippen LogP contribution < -0.4 is 9.47 Å². The van der Waals surface area contributed by atoms with Gasteiger partial charge in [-0.2, -0.15) is 5.26 Å². The van der Waals surface area contributed by atoms with E-state index in [4.69, 9.17) is 19.8 Å². The third-order valence-electron chi connectivity index (χ3n) is 2.29. The van der Waals surface area contributed by atoms with Crippen LogP contribution in [0.2, 0.25) is 0 Å². The van der Waals surface area contributed by atoms with Crippen molar-refractivity contribution in [3.63, 3.8) is 0 Å². The van der Waals surface area contributed by atoms with Gasteiger partial charge in [-0.25, -0.2) is 0 Å². The van der Waals surface area contributed by atoms with Crippen LogP contribution >= 0.6 is 0 Å². The lowest BCUT2D eigenvalue weighted by molar-refractivity contribution is 0.384. The molecule has 4 heteroatoms. The predicted molar refractivity (Wildman–Crippen MR) is 64.0 cm³/mol. The molecule has 0 aromatic heterocycles. The summed E-state index contributed by atoms with van der Waals surface area (Å²) in [7, 11) is 1.59. The molecule has 0 aliphatic heterocycles. The van der Waals surface area contributed by atoms with E-state index in [-0.39, 0.29) is 11.7 Å². The molecule has 0 unspecified atom stereocenters. The molecular formula is C13H15NO3. The normalized spacial score (nSPS) is 11.1. The Morgan fingerprint density at radius 1 is 1.47 bits per heavy atom. The molecule has 1 aromatic carbocycles. The van der Waals surface area contributed by atoms with E-state index in [9.17, 15) is 0 Å². The lowest BCUT2D eigenvalue weighted by Gasteiger charge is -2.14. The molecule has 1 N–H and O–H groups in total. The minimum atomic E-state index is -0.142. The van der Waals surface area contributed by atoms with E-state index in [0.29, 0.717) is 12.0 Å². The summed E-state index contributed by atoms with van der Waals surface area (Å²) in [6, 6.07) is 7.07. The molecule has 1 aromatic rings. The number of aliphatic hydroxyl groups is 1. The highest BCUT2D eigenvalue weighted by Gasteiger charge is 2.11. The number of nitrogens with zero attached hydrogens (tertiary/aromatic N) is 1. The SMILES string of the molecule is COc1ccc(OC(C#N)=CO)c(C(C)C)c1. The molecular weight excluding hydrogens is 218 g/mol. The van der Waals surface area contributed by atoms with Crippen molar-refractivity contribution in [3.05, 3.63) is 35.8 Å². The zero-order valence-electron chi connectivity index (χ0n) is 10.1. The van der Waals surface area contributed by atoms with Crippen molar-refractivity contribution >= 4 is 0 Å². The summed E-state index contributed by atoms with van der Waals surface area (Å²) in [6.45, 7) is 4.02. The number of benzene rings is 1. The van der Waals surface area contributed by atoms with E-state index in [1.54, 1.807) is 25.3 Å². The van der Waals surface area contributed by atoms with Gasteiger partial charge in [0.25, 0.3) is 0 Å². The van der Waals surface area contributed by atoms with Gasteiger partial charge in [-0.05, 0) is 24.1 Å². The van der Waals surface area contributed by atoms with Crippen LogP contribution in [-0.4, -0.2) is 12.2 Å². The Labute approximate surface area is 101 Å². The summed E-state index contributed by atoms with van der Waals surface area (Å²) >= 11 is 0. The van der Waals surface area contributed by atoms with Crippen LogP contribution in [0, 0.1) is 11.3 Å². The van der Waals surface area contributed by atoms with Crippen molar-refractivity contribution in [3.8, 4) is 17.6 Å². The van der Waals surface area contributed by atoms with Gasteiger partial charge in [0.15, 0.2) is 0 Å². The largest absolute Gasteiger partial charge is 0.511 e. The Bertz CT molecular complexity index is 458. The van der Waals surface area contributed by atoms with Crippen molar-refractivity contribution in [1.82, 2.24) is 0 Å². The lowest BCUT2D eigenvalue weighted by atomic mass is 10.0. The minimum Gasteiger partial charge on any atom is -0.511 e. The molecule has 0 saturated heterocycles. The van der Waals surface area contributed by atoms with Crippen molar-refractivity contribution < 1.29 is 14.6 Å². The van der Waals surface area contributed by atoms with Gasteiger partial charge in [0.1, 0.15) is 23.8 Å². The quantitative estimate of drug-likeness (QED) is 0.641. The second kappa shape index (κ2) is 5.80. The minimum absolute atomic E-state index is 0.142. The Balaban J connectivity index is 3.11. The highest BCUT2D eigenvalue weighted by molar-refractivity contribution is 5.43. The van der Waals surface area contributed by atoms with E-state index in [2.05, 4.69) is 0 Å². The molecule has 0 fully saturated rings. The molecule has 17 heavy (non-hydrogen) atoms. The molecule has 0 aliphatic rings. The van der Waals surface area contributed by atoms with E-state index in [1.807, 2.05) is 19.9 Å².